The van der Waals surface area contributed by atoms with Crippen molar-refractivity contribution in [2.24, 2.45) is 0 Å². The van der Waals surface area contributed by atoms with Crippen LogP contribution < -0.4 is 5.73 Å². The second-order valence-corrected chi connectivity index (χ2v) is 6.57. The highest BCUT2D eigenvalue weighted by Crippen LogP contribution is 2.33. The Morgan fingerprint density at radius 3 is 2.91 bits per heavy atom. The molecule has 3 heterocycles. The standard InChI is InChI=1S/C17H17N5S/c1-3-10(2)22-9-19-14-15(18)20-16(21-17(14)22)12-8-23-13-7-5-4-6-11(12)13/h4-10H,3H2,1-2H3,(H2,18,20,21). The van der Waals surface area contributed by atoms with E-state index in [0.717, 1.165) is 23.0 Å². The molecule has 1 unspecified atom stereocenters. The molecule has 1 atom stereocenters. The Kier molecular flexibility index (Phi) is 3.27. The molecule has 1 aromatic carbocycles. The Morgan fingerprint density at radius 2 is 2.09 bits per heavy atom. The first-order valence-corrected chi connectivity index (χ1v) is 8.53. The molecule has 116 valence electrons. The van der Waals surface area contributed by atoms with Gasteiger partial charge in [-0.25, -0.2) is 15.0 Å². The van der Waals surface area contributed by atoms with Gasteiger partial charge in [-0.15, -0.1) is 11.3 Å². The number of thiophene rings is 1. The van der Waals surface area contributed by atoms with Crippen LogP contribution in [0, 0.1) is 0 Å². The number of fused-ring (bicyclic) bond motifs is 2. The van der Waals surface area contributed by atoms with Crippen LogP contribution in [0.1, 0.15) is 26.3 Å². The van der Waals surface area contributed by atoms with Crippen LogP contribution in [0.15, 0.2) is 36.0 Å². The lowest BCUT2D eigenvalue weighted by molar-refractivity contribution is 0.541. The van der Waals surface area contributed by atoms with E-state index in [0.29, 0.717) is 23.2 Å². The molecule has 3 aromatic heterocycles. The quantitative estimate of drug-likeness (QED) is 0.611. The minimum Gasteiger partial charge on any atom is -0.382 e. The average Bonchev–Trinajstić information content (AvgIpc) is 3.18. The van der Waals surface area contributed by atoms with Crippen LogP contribution in [-0.2, 0) is 0 Å². The largest absolute Gasteiger partial charge is 0.382 e. The first-order chi connectivity index (χ1) is 11.2. The lowest BCUT2D eigenvalue weighted by Crippen LogP contribution is -2.05. The molecule has 0 aliphatic heterocycles. The van der Waals surface area contributed by atoms with Crippen molar-refractivity contribution in [2.45, 2.75) is 26.3 Å². The molecule has 0 radical (unpaired) electrons. The van der Waals surface area contributed by atoms with E-state index < -0.39 is 0 Å². The summed E-state index contributed by atoms with van der Waals surface area (Å²) in [6.07, 6.45) is 2.81. The molecule has 5 nitrogen and oxygen atoms in total. The maximum atomic E-state index is 6.14. The summed E-state index contributed by atoms with van der Waals surface area (Å²) in [5, 5.41) is 3.25. The van der Waals surface area contributed by atoms with Crippen molar-refractivity contribution in [2.75, 3.05) is 5.73 Å². The Balaban J connectivity index is 1.97. The minimum atomic E-state index is 0.321. The molecule has 4 aromatic rings. The number of anilines is 1. The zero-order chi connectivity index (χ0) is 16.0. The van der Waals surface area contributed by atoms with Crippen LogP contribution in [0.4, 0.5) is 5.82 Å². The highest BCUT2D eigenvalue weighted by atomic mass is 32.1. The fourth-order valence-electron chi connectivity index (χ4n) is 2.73. The predicted octanol–water partition coefficient (Wildman–Crippen LogP) is 4.26. The second-order valence-electron chi connectivity index (χ2n) is 5.66. The second kappa shape index (κ2) is 5.31. The van der Waals surface area contributed by atoms with E-state index in [1.54, 1.807) is 17.7 Å². The maximum Gasteiger partial charge on any atom is 0.166 e. The van der Waals surface area contributed by atoms with E-state index in [1.807, 2.05) is 12.1 Å². The van der Waals surface area contributed by atoms with E-state index in [2.05, 4.69) is 45.9 Å². The highest BCUT2D eigenvalue weighted by Gasteiger charge is 2.16. The van der Waals surface area contributed by atoms with Gasteiger partial charge in [-0.2, -0.15) is 0 Å². The number of imidazole rings is 1. The fraction of sp³-hybridized carbons (Fsp3) is 0.235. The number of hydrogen-bond acceptors (Lipinski definition) is 5. The molecule has 0 saturated heterocycles. The SMILES string of the molecule is CCC(C)n1cnc2c(N)nc(-c3csc4ccccc34)nc21. The summed E-state index contributed by atoms with van der Waals surface area (Å²) >= 11 is 1.69. The van der Waals surface area contributed by atoms with Crippen molar-refractivity contribution in [3.8, 4) is 11.4 Å². The van der Waals surface area contributed by atoms with Gasteiger partial charge < -0.3 is 10.3 Å². The van der Waals surface area contributed by atoms with Crippen LogP contribution in [0.25, 0.3) is 32.6 Å². The third-order valence-corrected chi connectivity index (χ3v) is 5.20. The molecular formula is C17H17N5S. The highest BCUT2D eigenvalue weighted by molar-refractivity contribution is 7.17. The van der Waals surface area contributed by atoms with E-state index in [-0.39, 0.29) is 0 Å². The van der Waals surface area contributed by atoms with Gasteiger partial charge in [0.25, 0.3) is 0 Å². The number of benzene rings is 1. The molecule has 0 aliphatic carbocycles. The fourth-order valence-corrected chi connectivity index (χ4v) is 3.67. The predicted molar refractivity (Wildman–Crippen MR) is 95.6 cm³/mol. The summed E-state index contributed by atoms with van der Waals surface area (Å²) in [4.78, 5) is 13.7. The normalized spacial score (nSPS) is 13.0. The Bertz CT molecular complexity index is 1000. The third kappa shape index (κ3) is 2.17. The molecule has 6 heteroatoms. The average molecular weight is 323 g/mol. The van der Waals surface area contributed by atoms with Gasteiger partial charge in [0.2, 0.25) is 0 Å². The van der Waals surface area contributed by atoms with E-state index in [9.17, 15) is 0 Å². The lowest BCUT2D eigenvalue weighted by Gasteiger charge is -2.11. The molecular weight excluding hydrogens is 306 g/mol. The van der Waals surface area contributed by atoms with Crippen molar-refractivity contribution < 1.29 is 0 Å². The number of rotatable bonds is 3. The topological polar surface area (TPSA) is 69.6 Å². The van der Waals surface area contributed by atoms with Crippen LogP contribution in [0.3, 0.4) is 0 Å². The summed E-state index contributed by atoms with van der Waals surface area (Å²) in [6.45, 7) is 4.30. The number of nitrogen functional groups attached to an aromatic ring is 1. The molecule has 0 bridgehead atoms. The smallest absolute Gasteiger partial charge is 0.166 e. The summed E-state index contributed by atoms with van der Waals surface area (Å²) in [6, 6.07) is 8.59. The molecule has 0 spiro atoms. The van der Waals surface area contributed by atoms with Gasteiger partial charge in [0.05, 0.1) is 6.33 Å². The molecule has 0 saturated carbocycles. The molecule has 0 amide bonds. The first kappa shape index (κ1) is 14.1. The van der Waals surface area contributed by atoms with Crippen LogP contribution in [0.5, 0.6) is 0 Å². The molecule has 0 aliphatic rings. The van der Waals surface area contributed by atoms with Crippen molar-refractivity contribution in [1.82, 2.24) is 19.5 Å². The van der Waals surface area contributed by atoms with Crippen molar-refractivity contribution in [3.63, 3.8) is 0 Å². The molecule has 0 fully saturated rings. The monoisotopic (exact) mass is 323 g/mol. The summed E-state index contributed by atoms with van der Waals surface area (Å²) < 4.78 is 3.30. The maximum absolute atomic E-state index is 6.14. The van der Waals surface area contributed by atoms with Gasteiger partial charge in [0.1, 0.15) is 5.52 Å². The molecule has 4 rings (SSSR count). The van der Waals surface area contributed by atoms with E-state index in [1.165, 1.54) is 4.70 Å². The number of hydrogen-bond donors (Lipinski definition) is 1. The van der Waals surface area contributed by atoms with E-state index in [4.69, 9.17) is 10.7 Å². The number of aromatic nitrogens is 4. The summed E-state index contributed by atoms with van der Waals surface area (Å²) in [7, 11) is 0. The zero-order valence-electron chi connectivity index (χ0n) is 13.0. The van der Waals surface area contributed by atoms with Crippen molar-refractivity contribution >= 4 is 38.4 Å². The first-order valence-electron chi connectivity index (χ1n) is 7.65. The Hall–Kier alpha value is -2.47. The Labute approximate surface area is 137 Å². The van der Waals surface area contributed by atoms with Gasteiger partial charge in [-0.1, -0.05) is 25.1 Å². The third-order valence-electron chi connectivity index (χ3n) is 4.24. The lowest BCUT2D eigenvalue weighted by atomic mass is 10.1. The van der Waals surface area contributed by atoms with Crippen LogP contribution in [0.2, 0.25) is 0 Å². The van der Waals surface area contributed by atoms with E-state index >= 15 is 0 Å². The zero-order valence-corrected chi connectivity index (χ0v) is 13.8. The van der Waals surface area contributed by atoms with Gasteiger partial charge in [-0.05, 0) is 19.4 Å². The van der Waals surface area contributed by atoms with Crippen molar-refractivity contribution in [1.29, 1.82) is 0 Å². The van der Waals surface area contributed by atoms with Crippen molar-refractivity contribution in [3.05, 3.63) is 36.0 Å². The number of nitrogens with two attached hydrogens (primary N) is 1. The number of nitrogens with zero attached hydrogens (tertiary/aromatic N) is 4. The van der Waals surface area contributed by atoms with Gasteiger partial charge in [-0.3, -0.25) is 0 Å². The van der Waals surface area contributed by atoms with Gasteiger partial charge in [0, 0.05) is 27.1 Å². The van der Waals surface area contributed by atoms with Gasteiger partial charge >= 0.3 is 0 Å². The van der Waals surface area contributed by atoms with Crippen LogP contribution in [-0.4, -0.2) is 19.5 Å². The summed E-state index contributed by atoms with van der Waals surface area (Å²) in [5.74, 6) is 1.10. The van der Waals surface area contributed by atoms with Gasteiger partial charge in [0.15, 0.2) is 17.3 Å². The summed E-state index contributed by atoms with van der Waals surface area (Å²) in [5.41, 5.74) is 8.64. The Morgan fingerprint density at radius 1 is 1.26 bits per heavy atom. The van der Waals surface area contributed by atoms with Crippen LogP contribution >= 0.6 is 11.3 Å². The minimum absolute atomic E-state index is 0.321. The molecule has 2 N–H and O–H groups in total. The molecule has 23 heavy (non-hydrogen) atoms.